The first-order valence-corrected chi connectivity index (χ1v) is 10.7. The number of ether oxygens (including phenoxy) is 2. The van der Waals surface area contributed by atoms with Gasteiger partial charge in [-0.1, -0.05) is 24.1 Å². The lowest BCUT2D eigenvalue weighted by Gasteiger charge is -2.18. The van der Waals surface area contributed by atoms with Gasteiger partial charge in [-0.15, -0.1) is 6.42 Å². The summed E-state index contributed by atoms with van der Waals surface area (Å²) in [5, 5.41) is 0. The van der Waals surface area contributed by atoms with Crippen molar-refractivity contribution in [3.05, 3.63) is 84.4 Å². The summed E-state index contributed by atoms with van der Waals surface area (Å²) < 4.78 is 38.4. The number of hydrogen-bond acceptors (Lipinski definition) is 3. The van der Waals surface area contributed by atoms with E-state index in [4.69, 9.17) is 15.9 Å². The molecule has 0 aliphatic rings. The topological polar surface area (TPSA) is 35.5 Å². The molecule has 0 heterocycles. The van der Waals surface area contributed by atoms with Gasteiger partial charge >= 0.3 is 5.97 Å². The zero-order valence-electron chi connectivity index (χ0n) is 17.1. The van der Waals surface area contributed by atoms with E-state index in [0.29, 0.717) is 10.6 Å². The Morgan fingerprint density at radius 3 is 2.10 bits per heavy atom. The van der Waals surface area contributed by atoms with Gasteiger partial charge in [-0.3, -0.25) is 0 Å². The van der Waals surface area contributed by atoms with Crippen LogP contribution in [0.25, 0.3) is 0 Å². The highest BCUT2D eigenvalue weighted by Gasteiger charge is 2.30. The summed E-state index contributed by atoms with van der Waals surface area (Å²) in [5.41, 5.74) is -1.01. The van der Waals surface area contributed by atoms with Crippen LogP contribution in [0.5, 0.6) is 5.75 Å². The molecule has 0 fully saturated rings. The molecular weight excluding hydrogens is 418 g/mol. The van der Waals surface area contributed by atoms with Crippen molar-refractivity contribution < 1.29 is 23.0 Å². The van der Waals surface area contributed by atoms with Gasteiger partial charge in [-0.05, 0) is 50.2 Å². The van der Waals surface area contributed by atoms with Crippen molar-refractivity contribution in [3.63, 3.8) is 0 Å². The maximum absolute atomic E-state index is 13.9. The summed E-state index contributed by atoms with van der Waals surface area (Å²) in [6, 6.07) is 20.0. The van der Waals surface area contributed by atoms with Gasteiger partial charge in [0.1, 0.15) is 17.4 Å². The number of benzene rings is 3. The number of rotatable bonds is 7. The second-order valence-electron chi connectivity index (χ2n) is 7.11. The third kappa shape index (κ3) is 6.09. The summed E-state index contributed by atoms with van der Waals surface area (Å²) >= 11 is 0. The molecule has 3 aromatic carbocycles. The van der Waals surface area contributed by atoms with Gasteiger partial charge in [0.05, 0.1) is 10.9 Å². The summed E-state index contributed by atoms with van der Waals surface area (Å²) in [7, 11) is -0.720. The van der Waals surface area contributed by atoms with Crippen LogP contribution in [0.15, 0.2) is 87.5 Å². The SMILES string of the molecule is C#CC(C)(C)OC(=O)COc1ccc([S+](c2ccccc2)c2cc(F)cc(F)c2)cc1. The fourth-order valence-corrected chi connectivity index (χ4v) is 4.88. The Morgan fingerprint density at radius 1 is 0.935 bits per heavy atom. The van der Waals surface area contributed by atoms with E-state index in [-0.39, 0.29) is 6.61 Å². The van der Waals surface area contributed by atoms with E-state index >= 15 is 0 Å². The second kappa shape index (κ2) is 9.67. The van der Waals surface area contributed by atoms with Crippen molar-refractivity contribution in [2.24, 2.45) is 0 Å². The molecule has 1 atom stereocenters. The van der Waals surface area contributed by atoms with Crippen LogP contribution in [-0.4, -0.2) is 18.2 Å². The number of esters is 1. The van der Waals surface area contributed by atoms with Crippen LogP contribution in [-0.2, 0) is 20.4 Å². The largest absolute Gasteiger partial charge is 0.482 e. The van der Waals surface area contributed by atoms with E-state index in [1.54, 1.807) is 26.0 Å². The molecule has 3 aromatic rings. The summed E-state index contributed by atoms with van der Waals surface area (Å²) in [6.07, 6.45) is 5.31. The molecule has 3 rings (SSSR count). The van der Waals surface area contributed by atoms with Gasteiger partial charge in [-0.25, -0.2) is 13.6 Å². The predicted molar refractivity (Wildman–Crippen MR) is 116 cm³/mol. The van der Waals surface area contributed by atoms with Crippen LogP contribution < -0.4 is 4.74 Å². The Balaban J connectivity index is 1.82. The maximum Gasteiger partial charge on any atom is 0.345 e. The molecular formula is C25H21F2O3S+. The number of carbonyl (C=O) groups excluding carboxylic acids is 1. The second-order valence-corrected chi connectivity index (χ2v) is 9.14. The van der Waals surface area contributed by atoms with Crippen LogP contribution in [0.3, 0.4) is 0 Å². The van der Waals surface area contributed by atoms with E-state index in [1.807, 2.05) is 42.5 Å². The molecule has 158 valence electrons. The van der Waals surface area contributed by atoms with Crippen molar-refractivity contribution in [1.82, 2.24) is 0 Å². The highest BCUT2D eigenvalue weighted by molar-refractivity contribution is 7.97. The van der Waals surface area contributed by atoms with Gasteiger partial charge < -0.3 is 9.47 Å². The van der Waals surface area contributed by atoms with Crippen molar-refractivity contribution in [2.75, 3.05) is 6.61 Å². The van der Waals surface area contributed by atoms with Gasteiger partial charge in [-0.2, -0.15) is 0 Å². The smallest absolute Gasteiger partial charge is 0.345 e. The van der Waals surface area contributed by atoms with E-state index in [0.717, 1.165) is 15.9 Å². The van der Waals surface area contributed by atoms with Crippen LogP contribution in [0, 0.1) is 24.0 Å². The highest BCUT2D eigenvalue weighted by atomic mass is 32.2. The van der Waals surface area contributed by atoms with E-state index in [2.05, 4.69) is 5.92 Å². The van der Waals surface area contributed by atoms with Crippen molar-refractivity contribution in [2.45, 2.75) is 34.1 Å². The first-order chi connectivity index (χ1) is 14.8. The Hall–Kier alpha value is -3.30. The number of carbonyl (C=O) groups is 1. The zero-order valence-corrected chi connectivity index (χ0v) is 17.9. The lowest BCUT2D eigenvalue weighted by molar-refractivity contribution is -0.154. The molecule has 0 radical (unpaired) electrons. The van der Waals surface area contributed by atoms with E-state index in [1.165, 1.54) is 12.1 Å². The van der Waals surface area contributed by atoms with Gasteiger partial charge in [0.25, 0.3) is 0 Å². The van der Waals surface area contributed by atoms with Gasteiger partial charge in [0, 0.05) is 18.2 Å². The molecule has 0 bridgehead atoms. The van der Waals surface area contributed by atoms with Crippen molar-refractivity contribution in [3.8, 4) is 18.1 Å². The Bertz CT molecular complexity index is 1070. The fraction of sp³-hybridized carbons (Fsp3) is 0.160. The Morgan fingerprint density at radius 2 is 1.52 bits per heavy atom. The van der Waals surface area contributed by atoms with Gasteiger partial charge in [0.2, 0.25) is 0 Å². The molecule has 3 nitrogen and oxygen atoms in total. The Labute approximate surface area is 183 Å². The number of hydrogen-bond donors (Lipinski definition) is 0. The third-order valence-electron chi connectivity index (χ3n) is 4.18. The molecule has 0 N–H and O–H groups in total. The monoisotopic (exact) mass is 439 g/mol. The normalized spacial score (nSPS) is 12.0. The minimum atomic E-state index is -1.01. The van der Waals surface area contributed by atoms with E-state index < -0.39 is 34.1 Å². The molecule has 0 saturated heterocycles. The highest BCUT2D eigenvalue weighted by Crippen LogP contribution is 2.32. The van der Waals surface area contributed by atoms with Crippen molar-refractivity contribution >= 4 is 16.9 Å². The zero-order chi connectivity index (χ0) is 22.4. The van der Waals surface area contributed by atoms with Crippen LogP contribution in [0.1, 0.15) is 13.8 Å². The molecule has 0 aliphatic heterocycles. The third-order valence-corrected chi connectivity index (χ3v) is 6.38. The van der Waals surface area contributed by atoms with E-state index in [9.17, 15) is 13.6 Å². The number of halogens is 2. The average molecular weight is 440 g/mol. The summed E-state index contributed by atoms with van der Waals surface area (Å²) in [4.78, 5) is 14.2. The minimum Gasteiger partial charge on any atom is -0.482 e. The van der Waals surface area contributed by atoms with Crippen LogP contribution in [0.2, 0.25) is 0 Å². The summed E-state index contributed by atoms with van der Waals surface area (Å²) in [5.74, 6) is 1.00. The molecule has 6 heteroatoms. The number of terminal acetylenes is 1. The maximum atomic E-state index is 13.9. The molecule has 31 heavy (non-hydrogen) atoms. The molecule has 0 amide bonds. The molecule has 0 saturated carbocycles. The fourth-order valence-electron chi connectivity index (χ4n) is 2.77. The summed E-state index contributed by atoms with van der Waals surface area (Å²) in [6.45, 7) is 2.93. The quantitative estimate of drug-likeness (QED) is 0.281. The molecule has 1 unspecified atom stereocenters. The average Bonchev–Trinajstić information content (AvgIpc) is 2.73. The molecule has 0 aromatic heterocycles. The first kappa shape index (κ1) is 22.4. The predicted octanol–water partition coefficient (Wildman–Crippen LogP) is 5.39. The molecule has 0 spiro atoms. The molecule has 0 aliphatic carbocycles. The van der Waals surface area contributed by atoms with Crippen LogP contribution >= 0.6 is 0 Å². The van der Waals surface area contributed by atoms with Gasteiger partial charge in [0.15, 0.2) is 26.9 Å². The Kier molecular flexibility index (Phi) is 6.98. The first-order valence-electron chi connectivity index (χ1n) is 9.45. The van der Waals surface area contributed by atoms with Crippen LogP contribution in [0.4, 0.5) is 8.78 Å². The van der Waals surface area contributed by atoms with Crippen molar-refractivity contribution in [1.29, 1.82) is 0 Å². The lowest BCUT2D eigenvalue weighted by Crippen LogP contribution is -2.29. The minimum absolute atomic E-state index is 0.288. The lowest BCUT2D eigenvalue weighted by atomic mass is 10.1. The standard InChI is InChI=1S/C25H21F2O3S/c1-4-25(2,3)30-24(28)17-29-20-10-12-22(13-11-20)31(21-8-6-5-7-9-21)23-15-18(26)14-19(27)16-23/h1,5-16H,17H2,2-3H3/q+1.